The molecule has 0 aliphatic carbocycles. The van der Waals surface area contributed by atoms with Crippen LogP contribution in [-0.4, -0.2) is 37.0 Å². The molecule has 1 saturated heterocycles. The van der Waals surface area contributed by atoms with Crippen molar-refractivity contribution in [2.24, 2.45) is 0 Å². The first-order valence-electron chi connectivity index (χ1n) is 6.26. The first-order chi connectivity index (χ1) is 8.27. The van der Waals surface area contributed by atoms with Crippen molar-refractivity contribution in [1.29, 1.82) is 0 Å². The van der Waals surface area contributed by atoms with Gasteiger partial charge in [0, 0.05) is 18.0 Å². The Morgan fingerprint density at radius 1 is 1.53 bits per heavy atom. The van der Waals surface area contributed by atoms with Gasteiger partial charge in [-0.1, -0.05) is 6.07 Å². The van der Waals surface area contributed by atoms with Gasteiger partial charge in [0.25, 0.3) is 0 Å². The van der Waals surface area contributed by atoms with Gasteiger partial charge in [0.15, 0.2) is 0 Å². The Morgan fingerprint density at radius 2 is 2.41 bits per heavy atom. The summed E-state index contributed by atoms with van der Waals surface area (Å²) in [6.07, 6.45) is 3.92. The second kappa shape index (κ2) is 6.17. The van der Waals surface area contributed by atoms with Gasteiger partial charge in [0.1, 0.15) is 0 Å². The third kappa shape index (κ3) is 3.54. The Morgan fingerprint density at radius 3 is 3.18 bits per heavy atom. The van der Waals surface area contributed by atoms with Gasteiger partial charge >= 0.3 is 0 Å². The van der Waals surface area contributed by atoms with Gasteiger partial charge < -0.3 is 10.2 Å². The minimum Gasteiger partial charge on any atom is -0.342 e. The molecule has 1 aliphatic rings. The molecular weight excluding hydrogens is 232 g/mol. The highest BCUT2D eigenvalue weighted by molar-refractivity contribution is 7.10. The molecule has 1 amide bonds. The lowest BCUT2D eigenvalue weighted by Gasteiger charge is -2.27. The zero-order valence-corrected chi connectivity index (χ0v) is 11.1. The van der Waals surface area contributed by atoms with Gasteiger partial charge in [-0.2, -0.15) is 0 Å². The summed E-state index contributed by atoms with van der Waals surface area (Å²) in [4.78, 5) is 15.2. The maximum absolute atomic E-state index is 12.1. The average molecular weight is 252 g/mol. The highest BCUT2D eigenvalue weighted by Crippen LogP contribution is 2.15. The number of rotatable bonds is 3. The Balaban J connectivity index is 1.89. The van der Waals surface area contributed by atoms with E-state index in [1.807, 2.05) is 29.5 Å². The summed E-state index contributed by atoms with van der Waals surface area (Å²) in [5.74, 6) is 0.249. The average Bonchev–Trinajstić information content (AvgIpc) is 2.68. The van der Waals surface area contributed by atoms with Crippen LogP contribution in [0.15, 0.2) is 17.5 Å². The van der Waals surface area contributed by atoms with E-state index in [0.29, 0.717) is 12.5 Å². The summed E-state index contributed by atoms with van der Waals surface area (Å²) in [6, 6.07) is 4.45. The first-order valence-corrected chi connectivity index (χ1v) is 7.14. The van der Waals surface area contributed by atoms with Crippen LogP contribution in [0, 0.1) is 0 Å². The molecular formula is C13H20N2OS. The van der Waals surface area contributed by atoms with Crippen molar-refractivity contribution in [2.75, 3.05) is 20.1 Å². The second-order valence-electron chi connectivity index (χ2n) is 4.60. The van der Waals surface area contributed by atoms with Gasteiger partial charge in [0.05, 0.1) is 6.42 Å². The molecule has 17 heavy (non-hydrogen) atoms. The van der Waals surface area contributed by atoms with Gasteiger partial charge in [-0.05, 0) is 43.8 Å². The van der Waals surface area contributed by atoms with Gasteiger partial charge in [-0.25, -0.2) is 0 Å². The molecule has 1 fully saturated rings. The van der Waals surface area contributed by atoms with E-state index >= 15 is 0 Å². The van der Waals surface area contributed by atoms with E-state index in [2.05, 4.69) is 5.32 Å². The monoisotopic (exact) mass is 252 g/mol. The minimum atomic E-state index is 0.249. The number of amides is 1. The van der Waals surface area contributed by atoms with E-state index in [1.54, 1.807) is 11.3 Å². The molecule has 1 aliphatic heterocycles. The van der Waals surface area contributed by atoms with E-state index in [1.165, 1.54) is 6.42 Å². The predicted octanol–water partition coefficient (Wildman–Crippen LogP) is 1.89. The fraction of sp³-hybridized carbons (Fsp3) is 0.615. The fourth-order valence-corrected chi connectivity index (χ4v) is 2.97. The van der Waals surface area contributed by atoms with Crippen molar-refractivity contribution in [3.8, 4) is 0 Å². The van der Waals surface area contributed by atoms with Crippen molar-refractivity contribution in [3.63, 3.8) is 0 Å². The lowest BCUT2D eigenvalue weighted by atomic mass is 10.1. The number of nitrogens with zero attached hydrogens (tertiary/aromatic N) is 1. The molecule has 1 unspecified atom stereocenters. The van der Waals surface area contributed by atoms with Crippen LogP contribution in [0.25, 0.3) is 0 Å². The normalized spacial score (nSPS) is 20.9. The van der Waals surface area contributed by atoms with E-state index in [4.69, 9.17) is 0 Å². The molecule has 2 rings (SSSR count). The number of nitrogens with one attached hydrogen (secondary N) is 1. The summed E-state index contributed by atoms with van der Waals surface area (Å²) >= 11 is 1.66. The second-order valence-corrected chi connectivity index (χ2v) is 5.63. The van der Waals surface area contributed by atoms with Crippen LogP contribution in [-0.2, 0) is 11.2 Å². The summed E-state index contributed by atoms with van der Waals surface area (Å²) in [6.45, 7) is 2.12. The standard InChI is InChI=1S/C13H20N2OS/c1-15(11-4-2-7-14-8-6-11)13(16)10-12-5-3-9-17-12/h3,5,9,11,14H,2,4,6-8,10H2,1H3. The largest absolute Gasteiger partial charge is 0.342 e. The van der Waals surface area contributed by atoms with Gasteiger partial charge in [-0.15, -0.1) is 11.3 Å². The minimum absolute atomic E-state index is 0.249. The molecule has 3 nitrogen and oxygen atoms in total. The zero-order valence-electron chi connectivity index (χ0n) is 10.3. The number of thiophene rings is 1. The van der Waals surface area contributed by atoms with Crippen LogP contribution in [0.3, 0.4) is 0 Å². The molecule has 0 saturated carbocycles. The molecule has 94 valence electrons. The molecule has 1 aromatic rings. The van der Waals surface area contributed by atoms with Crippen molar-refractivity contribution >= 4 is 17.2 Å². The Bertz CT molecular complexity index is 342. The fourth-order valence-electron chi connectivity index (χ4n) is 2.28. The number of hydrogen-bond donors (Lipinski definition) is 1. The maximum atomic E-state index is 12.1. The van der Waals surface area contributed by atoms with Crippen LogP contribution < -0.4 is 5.32 Å². The topological polar surface area (TPSA) is 32.3 Å². The Hall–Kier alpha value is -0.870. The third-order valence-electron chi connectivity index (χ3n) is 3.39. The molecule has 1 N–H and O–H groups in total. The summed E-state index contributed by atoms with van der Waals surface area (Å²) < 4.78 is 0. The van der Waals surface area contributed by atoms with E-state index in [0.717, 1.165) is 30.8 Å². The van der Waals surface area contributed by atoms with Crippen molar-refractivity contribution in [3.05, 3.63) is 22.4 Å². The molecule has 0 radical (unpaired) electrons. The SMILES string of the molecule is CN(C(=O)Cc1cccs1)C1CCCNCC1. The van der Waals surface area contributed by atoms with Crippen LogP contribution in [0.2, 0.25) is 0 Å². The molecule has 1 atom stereocenters. The number of likely N-dealkylation sites (N-methyl/N-ethyl adjacent to an activating group) is 1. The summed E-state index contributed by atoms with van der Waals surface area (Å²) in [7, 11) is 1.95. The van der Waals surface area contributed by atoms with Crippen LogP contribution in [0.5, 0.6) is 0 Å². The van der Waals surface area contributed by atoms with Gasteiger partial charge in [0.2, 0.25) is 5.91 Å². The molecule has 0 bridgehead atoms. The predicted molar refractivity (Wildman–Crippen MR) is 71.3 cm³/mol. The van der Waals surface area contributed by atoms with E-state index in [-0.39, 0.29) is 5.91 Å². The first kappa shape index (κ1) is 12.6. The zero-order chi connectivity index (χ0) is 12.1. The lowest BCUT2D eigenvalue weighted by Crippen LogP contribution is -2.38. The number of carbonyl (C=O) groups is 1. The van der Waals surface area contributed by atoms with Crippen LogP contribution >= 0.6 is 11.3 Å². The summed E-state index contributed by atoms with van der Waals surface area (Å²) in [5.41, 5.74) is 0. The highest BCUT2D eigenvalue weighted by Gasteiger charge is 2.21. The van der Waals surface area contributed by atoms with Gasteiger partial charge in [-0.3, -0.25) is 4.79 Å². The van der Waals surface area contributed by atoms with Crippen molar-refractivity contribution < 1.29 is 4.79 Å². The van der Waals surface area contributed by atoms with E-state index in [9.17, 15) is 4.79 Å². The van der Waals surface area contributed by atoms with E-state index < -0.39 is 0 Å². The van der Waals surface area contributed by atoms with Crippen molar-refractivity contribution in [2.45, 2.75) is 31.7 Å². The van der Waals surface area contributed by atoms with Crippen LogP contribution in [0.4, 0.5) is 0 Å². The Labute approximate surface area is 107 Å². The third-order valence-corrected chi connectivity index (χ3v) is 4.27. The molecule has 4 heteroatoms. The molecule has 0 aromatic carbocycles. The molecule has 2 heterocycles. The lowest BCUT2D eigenvalue weighted by molar-refractivity contribution is -0.131. The smallest absolute Gasteiger partial charge is 0.227 e. The molecule has 1 aromatic heterocycles. The quantitative estimate of drug-likeness (QED) is 0.891. The van der Waals surface area contributed by atoms with Crippen LogP contribution in [0.1, 0.15) is 24.1 Å². The number of carbonyl (C=O) groups excluding carboxylic acids is 1. The summed E-state index contributed by atoms with van der Waals surface area (Å²) in [5, 5.41) is 5.41. The maximum Gasteiger partial charge on any atom is 0.227 e. The Kier molecular flexibility index (Phi) is 4.57. The van der Waals surface area contributed by atoms with Crippen molar-refractivity contribution in [1.82, 2.24) is 10.2 Å². The highest BCUT2D eigenvalue weighted by atomic mass is 32.1. The molecule has 0 spiro atoms. The number of hydrogen-bond acceptors (Lipinski definition) is 3.